The van der Waals surface area contributed by atoms with Gasteiger partial charge in [-0.25, -0.2) is 13.4 Å². The lowest BCUT2D eigenvalue weighted by molar-refractivity contribution is 0.456. The molecule has 0 N–H and O–H groups in total. The Morgan fingerprint density at radius 2 is 1.77 bits per heavy atom. The van der Waals surface area contributed by atoms with Gasteiger partial charge in [-0.3, -0.25) is 9.29 Å². The number of aryl methyl sites for hydroxylation is 3. The second kappa shape index (κ2) is 8.48. The summed E-state index contributed by atoms with van der Waals surface area (Å²) in [4.78, 5) is 8.83. The van der Waals surface area contributed by atoms with Gasteiger partial charge in [0.25, 0.3) is 0 Å². The van der Waals surface area contributed by atoms with Crippen LogP contribution in [-0.4, -0.2) is 30.7 Å². The highest BCUT2D eigenvalue weighted by atomic mass is 35.5. The summed E-state index contributed by atoms with van der Waals surface area (Å²) in [7, 11) is -3.42. The predicted molar refractivity (Wildman–Crippen MR) is 124 cm³/mol. The smallest absolute Gasteiger partial charge is 0.244 e. The monoisotopic (exact) mass is 457 g/mol. The molecule has 0 saturated carbocycles. The maximum absolute atomic E-state index is 12.8. The third-order valence-corrected chi connectivity index (χ3v) is 7.32. The SMILES string of the molecule is Cc1cc(C)c(Oc2nc(-c3cncc(Cl)c3)ccc2N2CCCCS2(=O)=O)c(C)c1. The van der Waals surface area contributed by atoms with Crippen LogP contribution in [0.2, 0.25) is 5.02 Å². The van der Waals surface area contributed by atoms with Crippen LogP contribution in [0.1, 0.15) is 29.5 Å². The molecule has 1 aromatic carbocycles. The Morgan fingerprint density at radius 1 is 1.03 bits per heavy atom. The molecule has 3 aromatic rings. The third kappa shape index (κ3) is 4.52. The van der Waals surface area contributed by atoms with Gasteiger partial charge in [-0.15, -0.1) is 0 Å². The predicted octanol–water partition coefficient (Wildman–Crippen LogP) is 5.44. The van der Waals surface area contributed by atoms with Crippen molar-refractivity contribution in [2.24, 2.45) is 0 Å². The molecule has 0 amide bonds. The first-order valence-corrected chi connectivity index (χ1v) is 12.1. The first-order valence-electron chi connectivity index (χ1n) is 10.1. The van der Waals surface area contributed by atoms with Crippen LogP contribution in [0.3, 0.4) is 0 Å². The van der Waals surface area contributed by atoms with Crippen molar-refractivity contribution in [2.75, 3.05) is 16.6 Å². The number of ether oxygens (including phenoxy) is 1. The fraction of sp³-hybridized carbons (Fsp3) is 0.304. The van der Waals surface area contributed by atoms with Gasteiger partial charge in [0.15, 0.2) is 0 Å². The van der Waals surface area contributed by atoms with Crippen molar-refractivity contribution >= 4 is 27.3 Å². The van der Waals surface area contributed by atoms with Gasteiger partial charge < -0.3 is 4.74 Å². The van der Waals surface area contributed by atoms with Crippen molar-refractivity contribution in [2.45, 2.75) is 33.6 Å². The highest BCUT2D eigenvalue weighted by Gasteiger charge is 2.29. The Balaban J connectivity index is 1.86. The van der Waals surface area contributed by atoms with Gasteiger partial charge in [-0.05, 0) is 62.9 Å². The Labute approximate surface area is 187 Å². The molecule has 1 saturated heterocycles. The van der Waals surface area contributed by atoms with Crippen molar-refractivity contribution < 1.29 is 13.2 Å². The van der Waals surface area contributed by atoms with Gasteiger partial charge in [0.1, 0.15) is 11.4 Å². The second-order valence-electron chi connectivity index (χ2n) is 7.84. The molecule has 4 rings (SSSR count). The highest BCUT2D eigenvalue weighted by Crippen LogP contribution is 2.38. The molecule has 0 unspecified atom stereocenters. The summed E-state index contributed by atoms with van der Waals surface area (Å²) in [5, 5.41) is 0.495. The zero-order valence-electron chi connectivity index (χ0n) is 17.7. The normalized spacial score (nSPS) is 15.7. The molecule has 0 aliphatic carbocycles. The van der Waals surface area contributed by atoms with E-state index in [0.717, 1.165) is 28.7 Å². The number of hydrogen-bond acceptors (Lipinski definition) is 5. The van der Waals surface area contributed by atoms with Crippen molar-refractivity contribution in [3.05, 3.63) is 64.4 Å². The van der Waals surface area contributed by atoms with Gasteiger partial charge in [0, 0.05) is 24.5 Å². The van der Waals surface area contributed by atoms with Gasteiger partial charge in [0.05, 0.1) is 16.5 Å². The van der Waals surface area contributed by atoms with Crippen LogP contribution in [0.25, 0.3) is 11.3 Å². The van der Waals surface area contributed by atoms with Crippen LogP contribution in [-0.2, 0) is 10.0 Å². The van der Waals surface area contributed by atoms with Gasteiger partial charge in [-0.2, -0.15) is 0 Å². The van der Waals surface area contributed by atoms with E-state index < -0.39 is 10.0 Å². The molecule has 0 radical (unpaired) electrons. The molecule has 0 atom stereocenters. The van der Waals surface area contributed by atoms with Gasteiger partial charge in [-0.1, -0.05) is 29.3 Å². The van der Waals surface area contributed by atoms with E-state index in [0.29, 0.717) is 35.1 Å². The topological polar surface area (TPSA) is 72.4 Å². The summed E-state index contributed by atoms with van der Waals surface area (Å²) < 4.78 is 33.3. The minimum Gasteiger partial charge on any atom is -0.436 e. The number of aromatic nitrogens is 2. The average Bonchev–Trinajstić information content (AvgIpc) is 2.70. The fourth-order valence-electron chi connectivity index (χ4n) is 3.89. The Morgan fingerprint density at radius 3 is 2.45 bits per heavy atom. The van der Waals surface area contributed by atoms with E-state index in [1.807, 2.05) is 32.9 Å². The molecular formula is C23H24ClN3O3S. The second-order valence-corrected chi connectivity index (χ2v) is 10.3. The van der Waals surface area contributed by atoms with Crippen LogP contribution in [0.5, 0.6) is 11.6 Å². The van der Waals surface area contributed by atoms with Crippen molar-refractivity contribution in [3.63, 3.8) is 0 Å². The highest BCUT2D eigenvalue weighted by molar-refractivity contribution is 7.92. The molecule has 6 nitrogen and oxygen atoms in total. The van der Waals surface area contributed by atoms with Crippen molar-refractivity contribution in [1.82, 2.24) is 9.97 Å². The van der Waals surface area contributed by atoms with E-state index in [4.69, 9.17) is 21.3 Å². The first kappa shape index (κ1) is 21.6. The number of anilines is 1. The fourth-order valence-corrected chi connectivity index (χ4v) is 5.70. The molecular weight excluding hydrogens is 434 g/mol. The maximum Gasteiger partial charge on any atom is 0.244 e. The van der Waals surface area contributed by atoms with E-state index in [1.165, 1.54) is 4.31 Å². The van der Waals surface area contributed by atoms with E-state index in [9.17, 15) is 8.42 Å². The number of rotatable bonds is 4. The molecule has 1 aliphatic rings. The molecule has 0 spiro atoms. The van der Waals surface area contributed by atoms with Crippen LogP contribution in [0.15, 0.2) is 42.7 Å². The van der Waals surface area contributed by atoms with E-state index in [2.05, 4.69) is 4.98 Å². The molecule has 31 heavy (non-hydrogen) atoms. The van der Waals surface area contributed by atoms with E-state index in [1.54, 1.807) is 30.6 Å². The summed E-state index contributed by atoms with van der Waals surface area (Å²) in [6.45, 7) is 6.37. The zero-order valence-corrected chi connectivity index (χ0v) is 19.3. The summed E-state index contributed by atoms with van der Waals surface area (Å²) in [5.41, 5.74) is 4.82. The summed E-state index contributed by atoms with van der Waals surface area (Å²) in [6, 6.07) is 9.35. The standard InChI is InChI=1S/C23H24ClN3O3S/c1-15-10-16(2)22(17(3)11-15)30-23-21(27-8-4-5-9-31(27,28)29)7-6-20(26-23)18-12-19(24)14-25-13-18/h6-7,10-14H,4-5,8-9H2,1-3H3. The molecule has 8 heteroatoms. The molecule has 1 fully saturated rings. The van der Waals surface area contributed by atoms with Crippen molar-refractivity contribution in [3.8, 4) is 22.9 Å². The number of benzene rings is 1. The minimum absolute atomic E-state index is 0.120. The van der Waals surface area contributed by atoms with Crippen LogP contribution in [0.4, 0.5) is 5.69 Å². The lowest BCUT2D eigenvalue weighted by Gasteiger charge is -2.29. The maximum atomic E-state index is 12.8. The van der Waals surface area contributed by atoms with Crippen molar-refractivity contribution in [1.29, 1.82) is 0 Å². The molecule has 1 aliphatic heterocycles. The number of sulfonamides is 1. The van der Waals surface area contributed by atoms with Gasteiger partial charge >= 0.3 is 0 Å². The van der Waals surface area contributed by atoms with E-state index in [-0.39, 0.29) is 11.6 Å². The average molecular weight is 458 g/mol. The largest absolute Gasteiger partial charge is 0.436 e. The molecule has 3 heterocycles. The number of pyridine rings is 2. The lowest BCUT2D eigenvalue weighted by atomic mass is 10.1. The number of halogens is 1. The summed E-state index contributed by atoms with van der Waals surface area (Å²) in [5.74, 6) is 1.04. The minimum atomic E-state index is -3.42. The Hall–Kier alpha value is -2.64. The third-order valence-electron chi connectivity index (χ3n) is 5.26. The number of nitrogens with zero attached hydrogens (tertiary/aromatic N) is 3. The molecule has 2 aromatic heterocycles. The van der Waals surface area contributed by atoms with Crippen LogP contribution < -0.4 is 9.04 Å². The summed E-state index contributed by atoms with van der Waals surface area (Å²) >= 11 is 6.10. The Kier molecular flexibility index (Phi) is 5.90. The van der Waals surface area contributed by atoms with Gasteiger partial charge in [0.2, 0.25) is 15.9 Å². The zero-order chi connectivity index (χ0) is 22.2. The first-order chi connectivity index (χ1) is 14.7. The number of hydrogen-bond donors (Lipinski definition) is 0. The summed E-state index contributed by atoms with van der Waals surface area (Å²) in [6.07, 6.45) is 4.67. The Bertz CT molecular complexity index is 1220. The van der Waals surface area contributed by atoms with Crippen LogP contribution >= 0.6 is 11.6 Å². The quantitative estimate of drug-likeness (QED) is 0.521. The van der Waals surface area contributed by atoms with E-state index >= 15 is 0 Å². The lowest BCUT2D eigenvalue weighted by Crippen LogP contribution is -2.38. The molecule has 162 valence electrons. The van der Waals surface area contributed by atoms with Crippen LogP contribution in [0, 0.1) is 20.8 Å². The molecule has 0 bridgehead atoms.